The van der Waals surface area contributed by atoms with Crippen LogP contribution < -0.4 is 10.2 Å². The first-order valence-corrected chi connectivity index (χ1v) is 8.46. The van der Waals surface area contributed by atoms with Crippen molar-refractivity contribution in [3.8, 4) is 0 Å². The summed E-state index contributed by atoms with van der Waals surface area (Å²) in [5, 5.41) is 2.95. The van der Waals surface area contributed by atoms with Crippen molar-refractivity contribution in [1.29, 1.82) is 0 Å². The molecule has 0 fully saturated rings. The summed E-state index contributed by atoms with van der Waals surface area (Å²) in [4.78, 5) is 13.5. The summed E-state index contributed by atoms with van der Waals surface area (Å²) in [5.74, 6) is 0.0914. The quantitative estimate of drug-likeness (QED) is 0.863. The third-order valence-corrected chi connectivity index (χ3v) is 4.67. The number of quaternary nitrogens is 1. The van der Waals surface area contributed by atoms with E-state index >= 15 is 0 Å². The number of hydrogen-bond donors (Lipinski definition) is 2. The fourth-order valence-electron chi connectivity index (χ4n) is 2.90. The van der Waals surface area contributed by atoms with Gasteiger partial charge in [0.05, 0.1) is 19.5 Å². The van der Waals surface area contributed by atoms with Crippen molar-refractivity contribution in [3.63, 3.8) is 0 Å². The molecule has 3 nitrogen and oxygen atoms in total. The smallest absolute Gasteiger partial charge is 0.230 e. The standard InChI is InChI=1S/C18H19BrN2O/c19-16-5-7-17(8-6-16)20-18(22)10-12-21-11-9-14-3-1-2-4-15(14)13-21/h1-8H,9-13H2,(H,20,22)/p+1. The second-order valence-corrected chi connectivity index (χ2v) is 6.67. The molecular formula is C18H20BrN2O+. The van der Waals surface area contributed by atoms with Gasteiger partial charge in [-0.05, 0) is 29.8 Å². The third-order valence-electron chi connectivity index (χ3n) is 4.14. The summed E-state index contributed by atoms with van der Waals surface area (Å²) in [7, 11) is 0. The van der Waals surface area contributed by atoms with E-state index in [1.54, 1.807) is 0 Å². The maximum absolute atomic E-state index is 12.0. The first-order valence-electron chi connectivity index (χ1n) is 7.66. The van der Waals surface area contributed by atoms with Gasteiger partial charge in [0.2, 0.25) is 5.91 Å². The highest BCUT2D eigenvalue weighted by atomic mass is 79.9. The molecule has 1 unspecified atom stereocenters. The number of benzene rings is 2. The first kappa shape index (κ1) is 15.3. The lowest BCUT2D eigenvalue weighted by Crippen LogP contribution is -3.11. The number of halogens is 1. The summed E-state index contributed by atoms with van der Waals surface area (Å²) >= 11 is 3.39. The molecule has 1 amide bonds. The van der Waals surface area contributed by atoms with Gasteiger partial charge >= 0.3 is 0 Å². The van der Waals surface area contributed by atoms with Crippen LogP contribution in [0.5, 0.6) is 0 Å². The molecule has 1 heterocycles. The van der Waals surface area contributed by atoms with Gasteiger partial charge in [-0.1, -0.05) is 40.2 Å². The van der Waals surface area contributed by atoms with E-state index in [1.807, 2.05) is 24.3 Å². The van der Waals surface area contributed by atoms with Gasteiger partial charge in [-0.2, -0.15) is 0 Å². The highest BCUT2D eigenvalue weighted by Crippen LogP contribution is 2.14. The van der Waals surface area contributed by atoms with E-state index in [-0.39, 0.29) is 5.91 Å². The molecule has 2 aromatic carbocycles. The minimum Gasteiger partial charge on any atom is -0.330 e. The van der Waals surface area contributed by atoms with Gasteiger partial charge in [-0.25, -0.2) is 0 Å². The van der Waals surface area contributed by atoms with E-state index in [4.69, 9.17) is 0 Å². The summed E-state index contributed by atoms with van der Waals surface area (Å²) in [6.45, 7) is 3.03. The molecule has 0 saturated heterocycles. The highest BCUT2D eigenvalue weighted by molar-refractivity contribution is 9.10. The summed E-state index contributed by atoms with van der Waals surface area (Å²) in [6, 6.07) is 16.3. The van der Waals surface area contributed by atoms with Crippen LogP contribution >= 0.6 is 15.9 Å². The predicted molar refractivity (Wildman–Crippen MR) is 91.9 cm³/mol. The third kappa shape index (κ3) is 3.96. The Morgan fingerprint density at radius 1 is 1.09 bits per heavy atom. The van der Waals surface area contributed by atoms with Gasteiger partial charge in [0.15, 0.2) is 0 Å². The van der Waals surface area contributed by atoms with Crippen LogP contribution in [0.15, 0.2) is 53.0 Å². The Morgan fingerprint density at radius 3 is 2.59 bits per heavy atom. The summed E-state index contributed by atoms with van der Waals surface area (Å²) in [5.41, 5.74) is 3.75. The molecule has 0 saturated carbocycles. The monoisotopic (exact) mass is 359 g/mol. The largest absolute Gasteiger partial charge is 0.330 e. The second kappa shape index (κ2) is 7.07. The van der Waals surface area contributed by atoms with E-state index in [0.29, 0.717) is 6.42 Å². The number of amides is 1. The van der Waals surface area contributed by atoms with Crippen LogP contribution in [0.25, 0.3) is 0 Å². The fourth-order valence-corrected chi connectivity index (χ4v) is 3.17. The second-order valence-electron chi connectivity index (χ2n) is 5.75. The van der Waals surface area contributed by atoms with Gasteiger partial charge in [-0.15, -0.1) is 0 Å². The van der Waals surface area contributed by atoms with E-state index in [2.05, 4.69) is 45.5 Å². The summed E-state index contributed by atoms with van der Waals surface area (Å²) < 4.78 is 1.02. The van der Waals surface area contributed by atoms with Crippen LogP contribution in [0.1, 0.15) is 17.5 Å². The Balaban J connectivity index is 1.49. The number of carbonyl (C=O) groups is 1. The van der Waals surface area contributed by atoms with Crippen LogP contribution in [0.3, 0.4) is 0 Å². The molecule has 2 aromatic rings. The Morgan fingerprint density at radius 2 is 1.82 bits per heavy atom. The molecule has 0 radical (unpaired) electrons. The predicted octanol–water partition coefficient (Wildman–Crippen LogP) is 2.42. The van der Waals surface area contributed by atoms with Crippen LogP contribution in [0.4, 0.5) is 5.69 Å². The maximum atomic E-state index is 12.0. The van der Waals surface area contributed by atoms with Crippen LogP contribution in [-0.2, 0) is 17.8 Å². The number of fused-ring (bicyclic) bond motifs is 1. The number of anilines is 1. The number of hydrogen-bond acceptors (Lipinski definition) is 1. The van der Waals surface area contributed by atoms with Crippen molar-refractivity contribution < 1.29 is 9.69 Å². The molecular weight excluding hydrogens is 340 g/mol. The topological polar surface area (TPSA) is 33.5 Å². The molecule has 22 heavy (non-hydrogen) atoms. The molecule has 0 aliphatic carbocycles. The molecule has 114 valence electrons. The lowest BCUT2D eigenvalue weighted by molar-refractivity contribution is -0.915. The van der Waals surface area contributed by atoms with Gasteiger partial charge in [-0.3, -0.25) is 4.79 Å². The normalized spacial score (nSPS) is 16.9. The number of rotatable bonds is 4. The Labute approximate surface area is 139 Å². The highest BCUT2D eigenvalue weighted by Gasteiger charge is 2.19. The fraction of sp³-hybridized carbons (Fsp3) is 0.278. The molecule has 1 aliphatic heterocycles. The Bertz CT molecular complexity index is 654. The lowest BCUT2D eigenvalue weighted by atomic mass is 10.00. The minimum absolute atomic E-state index is 0.0914. The number of carbonyl (C=O) groups excluding carboxylic acids is 1. The maximum Gasteiger partial charge on any atom is 0.230 e. The molecule has 4 heteroatoms. The van der Waals surface area contributed by atoms with Gasteiger partial charge < -0.3 is 10.2 Å². The van der Waals surface area contributed by atoms with E-state index in [9.17, 15) is 4.79 Å². The molecule has 0 bridgehead atoms. The van der Waals surface area contributed by atoms with Crippen molar-refractivity contribution in [2.45, 2.75) is 19.4 Å². The number of nitrogens with one attached hydrogen (secondary N) is 2. The molecule has 0 spiro atoms. The molecule has 1 aliphatic rings. The average Bonchev–Trinajstić information content (AvgIpc) is 2.55. The van der Waals surface area contributed by atoms with Crippen LogP contribution in [0.2, 0.25) is 0 Å². The van der Waals surface area contributed by atoms with E-state index < -0.39 is 0 Å². The van der Waals surface area contributed by atoms with Crippen LogP contribution in [0, 0.1) is 0 Å². The van der Waals surface area contributed by atoms with Crippen LogP contribution in [-0.4, -0.2) is 19.0 Å². The summed E-state index contributed by atoms with van der Waals surface area (Å²) in [6.07, 6.45) is 1.67. The molecule has 3 rings (SSSR count). The zero-order valence-electron chi connectivity index (χ0n) is 12.4. The van der Waals surface area contributed by atoms with Crippen molar-refractivity contribution in [2.24, 2.45) is 0 Å². The molecule has 0 aromatic heterocycles. The Kier molecular flexibility index (Phi) is 4.90. The Hall–Kier alpha value is -1.65. The van der Waals surface area contributed by atoms with Crippen molar-refractivity contribution >= 4 is 27.5 Å². The molecule has 1 atom stereocenters. The zero-order valence-corrected chi connectivity index (χ0v) is 14.0. The lowest BCUT2D eigenvalue weighted by Gasteiger charge is -2.25. The van der Waals surface area contributed by atoms with Crippen molar-refractivity contribution in [2.75, 3.05) is 18.4 Å². The molecule has 2 N–H and O–H groups in total. The zero-order chi connectivity index (χ0) is 15.4. The van der Waals surface area contributed by atoms with Gasteiger partial charge in [0.25, 0.3) is 0 Å². The van der Waals surface area contributed by atoms with E-state index in [1.165, 1.54) is 16.0 Å². The first-order chi connectivity index (χ1) is 10.7. The van der Waals surface area contributed by atoms with Gasteiger partial charge in [0, 0.05) is 22.1 Å². The minimum atomic E-state index is 0.0914. The van der Waals surface area contributed by atoms with E-state index in [0.717, 1.165) is 36.2 Å². The van der Waals surface area contributed by atoms with Gasteiger partial charge in [0.1, 0.15) is 6.54 Å². The SMILES string of the molecule is O=C(CC[NH+]1CCc2ccccc2C1)Nc1ccc(Br)cc1. The van der Waals surface area contributed by atoms with Crippen molar-refractivity contribution in [1.82, 2.24) is 0 Å². The average molecular weight is 360 g/mol. The van der Waals surface area contributed by atoms with Crippen molar-refractivity contribution in [3.05, 3.63) is 64.1 Å².